The summed E-state index contributed by atoms with van der Waals surface area (Å²) in [5.74, 6) is -1.27. The third-order valence-corrected chi connectivity index (χ3v) is 4.67. The second-order valence-electron chi connectivity index (χ2n) is 3.87. The van der Waals surface area contributed by atoms with Gasteiger partial charge in [0.1, 0.15) is 0 Å². The Kier molecular flexibility index (Phi) is 3.53. The van der Waals surface area contributed by atoms with Gasteiger partial charge in [0, 0.05) is 0 Å². The quantitative estimate of drug-likeness (QED) is 0.767. The van der Waals surface area contributed by atoms with Crippen LogP contribution in [0.25, 0.3) is 0 Å². The van der Waals surface area contributed by atoms with Gasteiger partial charge in [-0.3, -0.25) is 4.79 Å². The maximum absolute atomic E-state index is 11.3. The molecule has 0 saturated carbocycles. The fraction of sp³-hybridized carbons (Fsp3) is 0.889. The van der Waals surface area contributed by atoms with Gasteiger partial charge < -0.3 is 5.11 Å². The molecule has 0 aromatic rings. The van der Waals surface area contributed by atoms with Crippen molar-refractivity contribution in [2.75, 3.05) is 11.5 Å². The molecule has 2 unspecified atom stereocenters. The van der Waals surface area contributed by atoms with E-state index >= 15 is 0 Å². The predicted octanol–water partition coefficient (Wildman–Crippen LogP) is 0.922. The van der Waals surface area contributed by atoms with Crippen molar-refractivity contribution in [3.05, 3.63) is 0 Å². The Morgan fingerprint density at radius 3 is 2.64 bits per heavy atom. The first-order valence-electron chi connectivity index (χ1n) is 4.89. The summed E-state index contributed by atoms with van der Waals surface area (Å²) in [4.78, 5) is 10.8. The van der Waals surface area contributed by atoms with Crippen LogP contribution in [-0.2, 0) is 14.6 Å². The first-order valence-corrected chi connectivity index (χ1v) is 6.71. The van der Waals surface area contributed by atoms with Crippen molar-refractivity contribution in [3.63, 3.8) is 0 Å². The van der Waals surface area contributed by atoms with Crippen LogP contribution in [0.15, 0.2) is 0 Å². The molecule has 82 valence electrons. The highest BCUT2D eigenvalue weighted by Crippen LogP contribution is 2.27. The van der Waals surface area contributed by atoms with Gasteiger partial charge in [0.2, 0.25) is 0 Å². The third-order valence-electron chi connectivity index (χ3n) is 2.82. The average Bonchev–Trinajstić information content (AvgIpc) is 2.02. The van der Waals surface area contributed by atoms with Crippen LogP contribution in [0.5, 0.6) is 0 Å². The van der Waals surface area contributed by atoms with Crippen molar-refractivity contribution in [1.82, 2.24) is 0 Å². The number of carboxylic acids is 1. The Morgan fingerprint density at radius 2 is 2.21 bits per heavy atom. The summed E-state index contributed by atoms with van der Waals surface area (Å²) < 4.78 is 22.6. The molecule has 1 aliphatic rings. The molecular weight excluding hydrogens is 204 g/mol. The fourth-order valence-corrected chi connectivity index (χ4v) is 3.91. The number of carboxylic acid groups (broad SMARTS) is 1. The highest BCUT2D eigenvalue weighted by molar-refractivity contribution is 7.91. The number of hydrogen-bond donors (Lipinski definition) is 1. The highest BCUT2D eigenvalue weighted by Gasteiger charge is 2.33. The van der Waals surface area contributed by atoms with Gasteiger partial charge in [-0.2, -0.15) is 0 Å². The Morgan fingerprint density at radius 1 is 1.57 bits per heavy atom. The van der Waals surface area contributed by atoms with E-state index < -0.39 is 21.7 Å². The van der Waals surface area contributed by atoms with Crippen molar-refractivity contribution < 1.29 is 18.3 Å². The van der Waals surface area contributed by atoms with Gasteiger partial charge in [0.15, 0.2) is 9.84 Å². The maximum Gasteiger partial charge on any atom is 0.306 e. The SMILES string of the molecule is CCC(C(=O)O)C1CCCS(=O)(=O)C1. The van der Waals surface area contributed by atoms with Gasteiger partial charge in [-0.1, -0.05) is 6.92 Å². The highest BCUT2D eigenvalue weighted by atomic mass is 32.2. The lowest BCUT2D eigenvalue weighted by Gasteiger charge is -2.26. The second-order valence-corrected chi connectivity index (χ2v) is 6.10. The van der Waals surface area contributed by atoms with Crippen LogP contribution >= 0.6 is 0 Å². The molecule has 0 amide bonds. The van der Waals surface area contributed by atoms with E-state index in [-0.39, 0.29) is 17.4 Å². The van der Waals surface area contributed by atoms with Crippen LogP contribution in [0, 0.1) is 11.8 Å². The van der Waals surface area contributed by atoms with Crippen LogP contribution in [0.2, 0.25) is 0 Å². The first-order chi connectivity index (χ1) is 6.46. The summed E-state index contributed by atoms with van der Waals surface area (Å²) in [5.41, 5.74) is 0. The van der Waals surface area contributed by atoms with Crippen LogP contribution in [-0.4, -0.2) is 31.0 Å². The number of carbonyl (C=O) groups is 1. The molecule has 1 N–H and O–H groups in total. The van der Waals surface area contributed by atoms with Gasteiger partial charge in [-0.15, -0.1) is 0 Å². The van der Waals surface area contributed by atoms with E-state index in [4.69, 9.17) is 5.11 Å². The number of aliphatic carboxylic acids is 1. The molecule has 1 rings (SSSR count). The smallest absolute Gasteiger partial charge is 0.306 e. The van der Waals surface area contributed by atoms with Crippen molar-refractivity contribution in [2.24, 2.45) is 11.8 Å². The molecule has 0 aromatic heterocycles. The van der Waals surface area contributed by atoms with E-state index in [2.05, 4.69) is 0 Å². The van der Waals surface area contributed by atoms with Crippen molar-refractivity contribution in [2.45, 2.75) is 26.2 Å². The summed E-state index contributed by atoms with van der Waals surface area (Å²) in [5, 5.41) is 8.90. The molecule has 0 spiro atoms. The minimum atomic E-state index is -2.98. The monoisotopic (exact) mass is 220 g/mol. The lowest BCUT2D eigenvalue weighted by atomic mass is 9.88. The van der Waals surface area contributed by atoms with E-state index in [0.29, 0.717) is 12.8 Å². The lowest BCUT2D eigenvalue weighted by molar-refractivity contribution is -0.143. The van der Waals surface area contributed by atoms with Crippen molar-refractivity contribution in [1.29, 1.82) is 0 Å². The third kappa shape index (κ3) is 2.70. The van der Waals surface area contributed by atoms with Gasteiger partial charge in [-0.25, -0.2) is 8.42 Å². The van der Waals surface area contributed by atoms with Crippen molar-refractivity contribution in [3.8, 4) is 0 Å². The number of rotatable bonds is 3. The van der Waals surface area contributed by atoms with Gasteiger partial charge in [0.25, 0.3) is 0 Å². The molecule has 2 atom stereocenters. The largest absolute Gasteiger partial charge is 0.481 e. The Balaban J connectivity index is 2.72. The average molecular weight is 220 g/mol. The molecule has 1 heterocycles. The van der Waals surface area contributed by atoms with Gasteiger partial charge in [-0.05, 0) is 25.2 Å². The fourth-order valence-electron chi connectivity index (χ4n) is 2.09. The lowest BCUT2D eigenvalue weighted by Crippen LogP contribution is -2.33. The normalized spacial score (nSPS) is 28.2. The van der Waals surface area contributed by atoms with Crippen LogP contribution < -0.4 is 0 Å². The van der Waals surface area contributed by atoms with E-state index in [1.807, 2.05) is 0 Å². The minimum absolute atomic E-state index is 0.0534. The Bertz CT molecular complexity index is 307. The summed E-state index contributed by atoms with van der Waals surface area (Å²) in [6.07, 6.45) is 1.84. The molecule has 14 heavy (non-hydrogen) atoms. The molecular formula is C9H16O4S. The number of sulfone groups is 1. The predicted molar refractivity (Wildman–Crippen MR) is 52.8 cm³/mol. The summed E-state index contributed by atoms with van der Waals surface area (Å²) in [7, 11) is -2.98. The van der Waals surface area contributed by atoms with Crippen LogP contribution in [0.4, 0.5) is 0 Å². The van der Waals surface area contributed by atoms with E-state index in [1.54, 1.807) is 6.92 Å². The maximum atomic E-state index is 11.3. The Labute approximate surface area is 84.2 Å². The van der Waals surface area contributed by atoms with E-state index in [0.717, 1.165) is 6.42 Å². The zero-order chi connectivity index (χ0) is 10.8. The molecule has 0 aliphatic carbocycles. The molecule has 1 saturated heterocycles. The minimum Gasteiger partial charge on any atom is -0.481 e. The summed E-state index contributed by atoms with van der Waals surface area (Å²) in [6, 6.07) is 0. The topological polar surface area (TPSA) is 71.4 Å². The zero-order valence-corrected chi connectivity index (χ0v) is 9.09. The van der Waals surface area contributed by atoms with Crippen LogP contribution in [0.1, 0.15) is 26.2 Å². The van der Waals surface area contributed by atoms with Gasteiger partial charge >= 0.3 is 5.97 Å². The molecule has 0 bridgehead atoms. The van der Waals surface area contributed by atoms with E-state index in [9.17, 15) is 13.2 Å². The van der Waals surface area contributed by atoms with Crippen LogP contribution in [0.3, 0.4) is 0 Å². The summed E-state index contributed by atoms with van der Waals surface area (Å²) >= 11 is 0. The zero-order valence-electron chi connectivity index (χ0n) is 8.27. The standard InChI is InChI=1S/C9H16O4S/c1-2-8(9(10)11)7-4-3-5-14(12,13)6-7/h7-8H,2-6H2,1H3,(H,10,11). The summed E-state index contributed by atoms with van der Waals surface area (Å²) in [6.45, 7) is 1.79. The molecule has 1 aliphatic heterocycles. The molecule has 4 nitrogen and oxygen atoms in total. The Hall–Kier alpha value is -0.580. The molecule has 0 radical (unpaired) electrons. The second kappa shape index (κ2) is 4.29. The molecule has 0 aromatic carbocycles. The van der Waals surface area contributed by atoms with Gasteiger partial charge in [0.05, 0.1) is 17.4 Å². The molecule has 1 fully saturated rings. The first kappa shape index (κ1) is 11.5. The molecule has 5 heteroatoms. The van der Waals surface area contributed by atoms with Crippen molar-refractivity contribution >= 4 is 15.8 Å². The number of hydrogen-bond acceptors (Lipinski definition) is 3. The van der Waals surface area contributed by atoms with E-state index in [1.165, 1.54) is 0 Å².